The first-order valence-electron chi connectivity index (χ1n) is 6.80. The highest BCUT2D eigenvalue weighted by molar-refractivity contribution is 5.95. The number of carbonyl (C=O) groups is 3. The van der Waals surface area contributed by atoms with Crippen molar-refractivity contribution in [2.75, 3.05) is 13.2 Å². The molecular weight excluding hydrogens is 290 g/mol. The Morgan fingerprint density at radius 2 is 2.00 bits per heavy atom. The van der Waals surface area contributed by atoms with Gasteiger partial charge < -0.3 is 20.9 Å². The molecule has 1 aromatic heterocycles. The van der Waals surface area contributed by atoms with E-state index in [4.69, 9.17) is 15.6 Å². The standard InChI is InChI=1S/C14H17N3O5/c15-12(20)9-1-2-10(16-8-9)13(21)17-14(7-11(18)19)3-5-22-6-4-14/h1-2,8H,3-7H2,(H2,15,20)(H,17,21)(H,18,19). The van der Waals surface area contributed by atoms with Crippen LogP contribution in [0.25, 0.3) is 0 Å². The van der Waals surface area contributed by atoms with E-state index in [9.17, 15) is 14.4 Å². The zero-order valence-corrected chi connectivity index (χ0v) is 11.9. The number of rotatable bonds is 5. The summed E-state index contributed by atoms with van der Waals surface area (Å²) in [5, 5.41) is 11.8. The van der Waals surface area contributed by atoms with Gasteiger partial charge in [-0.05, 0) is 25.0 Å². The van der Waals surface area contributed by atoms with Crippen molar-refractivity contribution >= 4 is 17.8 Å². The number of amides is 2. The van der Waals surface area contributed by atoms with Crippen LogP contribution in [0.2, 0.25) is 0 Å². The van der Waals surface area contributed by atoms with Crippen molar-refractivity contribution < 1.29 is 24.2 Å². The summed E-state index contributed by atoms with van der Waals surface area (Å²) in [4.78, 5) is 38.2. The lowest BCUT2D eigenvalue weighted by Gasteiger charge is -2.36. The number of carboxylic acids is 1. The van der Waals surface area contributed by atoms with Gasteiger partial charge in [-0.25, -0.2) is 0 Å². The van der Waals surface area contributed by atoms with Gasteiger partial charge in [0.15, 0.2) is 0 Å². The second-order valence-electron chi connectivity index (χ2n) is 5.21. The van der Waals surface area contributed by atoms with E-state index in [1.165, 1.54) is 18.3 Å². The van der Waals surface area contributed by atoms with E-state index >= 15 is 0 Å². The number of pyridine rings is 1. The third-order valence-electron chi connectivity index (χ3n) is 3.60. The molecule has 2 amide bonds. The minimum absolute atomic E-state index is 0.0984. The molecule has 1 aromatic rings. The van der Waals surface area contributed by atoms with Gasteiger partial charge in [0, 0.05) is 19.4 Å². The molecule has 118 valence electrons. The van der Waals surface area contributed by atoms with Crippen LogP contribution in [0, 0.1) is 0 Å². The van der Waals surface area contributed by atoms with Crippen molar-refractivity contribution in [2.45, 2.75) is 24.8 Å². The molecule has 4 N–H and O–H groups in total. The number of primary amides is 1. The Hall–Kier alpha value is -2.48. The van der Waals surface area contributed by atoms with Crippen LogP contribution in [0.15, 0.2) is 18.3 Å². The lowest BCUT2D eigenvalue weighted by molar-refractivity contribution is -0.139. The van der Waals surface area contributed by atoms with E-state index in [1.807, 2.05) is 0 Å². The van der Waals surface area contributed by atoms with Crippen LogP contribution < -0.4 is 11.1 Å². The number of aromatic nitrogens is 1. The molecular formula is C14H17N3O5. The number of hydrogen-bond acceptors (Lipinski definition) is 5. The fourth-order valence-corrected chi connectivity index (χ4v) is 2.38. The van der Waals surface area contributed by atoms with Crippen LogP contribution in [0.1, 0.15) is 40.1 Å². The second kappa shape index (κ2) is 6.52. The molecule has 1 fully saturated rings. The van der Waals surface area contributed by atoms with Crippen molar-refractivity contribution in [3.8, 4) is 0 Å². The third kappa shape index (κ3) is 3.79. The molecule has 0 spiro atoms. The summed E-state index contributed by atoms with van der Waals surface area (Å²) in [7, 11) is 0. The smallest absolute Gasteiger partial charge is 0.305 e. The fourth-order valence-electron chi connectivity index (χ4n) is 2.38. The summed E-state index contributed by atoms with van der Waals surface area (Å²) in [6.45, 7) is 0.781. The molecule has 0 aliphatic carbocycles. The number of carbonyl (C=O) groups excluding carboxylic acids is 2. The molecule has 2 rings (SSSR count). The zero-order valence-electron chi connectivity index (χ0n) is 11.9. The lowest BCUT2D eigenvalue weighted by atomic mass is 9.86. The number of aliphatic carboxylic acids is 1. The molecule has 0 bridgehead atoms. The number of nitrogens with two attached hydrogens (primary N) is 1. The third-order valence-corrected chi connectivity index (χ3v) is 3.60. The van der Waals surface area contributed by atoms with Gasteiger partial charge in [0.2, 0.25) is 5.91 Å². The van der Waals surface area contributed by atoms with Gasteiger partial charge >= 0.3 is 5.97 Å². The zero-order chi connectivity index (χ0) is 16.2. The number of carboxylic acid groups (broad SMARTS) is 1. The number of nitrogens with one attached hydrogen (secondary N) is 1. The first-order chi connectivity index (χ1) is 10.4. The minimum Gasteiger partial charge on any atom is -0.481 e. The summed E-state index contributed by atoms with van der Waals surface area (Å²) < 4.78 is 5.22. The van der Waals surface area contributed by atoms with Gasteiger partial charge in [0.25, 0.3) is 5.91 Å². The molecule has 0 aromatic carbocycles. The highest BCUT2D eigenvalue weighted by Gasteiger charge is 2.36. The molecule has 8 heteroatoms. The van der Waals surface area contributed by atoms with Crippen LogP contribution in [0.4, 0.5) is 0 Å². The summed E-state index contributed by atoms with van der Waals surface area (Å²) in [6, 6.07) is 2.78. The second-order valence-corrected chi connectivity index (χ2v) is 5.21. The maximum atomic E-state index is 12.3. The molecule has 8 nitrogen and oxygen atoms in total. The number of ether oxygens (including phenoxy) is 1. The van der Waals surface area contributed by atoms with E-state index in [2.05, 4.69) is 10.3 Å². The molecule has 0 atom stereocenters. The van der Waals surface area contributed by atoms with E-state index in [0.29, 0.717) is 26.1 Å². The van der Waals surface area contributed by atoms with E-state index in [1.54, 1.807) is 0 Å². The van der Waals surface area contributed by atoms with Crippen LogP contribution in [-0.2, 0) is 9.53 Å². The first kappa shape index (κ1) is 15.9. The van der Waals surface area contributed by atoms with Crippen LogP contribution in [0.3, 0.4) is 0 Å². The largest absolute Gasteiger partial charge is 0.481 e. The molecule has 1 aliphatic heterocycles. The summed E-state index contributed by atoms with van der Waals surface area (Å²) in [6.07, 6.45) is 1.88. The van der Waals surface area contributed by atoms with Crippen LogP contribution in [-0.4, -0.2) is 46.6 Å². The predicted octanol–water partition coefficient (Wildman–Crippen LogP) is -0.0658. The van der Waals surface area contributed by atoms with Gasteiger partial charge in [-0.3, -0.25) is 19.4 Å². The van der Waals surface area contributed by atoms with E-state index in [0.717, 1.165) is 0 Å². The van der Waals surface area contributed by atoms with E-state index in [-0.39, 0.29) is 17.7 Å². The topological polar surface area (TPSA) is 132 Å². The molecule has 1 saturated heterocycles. The number of nitrogens with zero attached hydrogens (tertiary/aromatic N) is 1. The maximum absolute atomic E-state index is 12.3. The van der Waals surface area contributed by atoms with Crippen molar-refractivity contribution in [3.63, 3.8) is 0 Å². The van der Waals surface area contributed by atoms with Crippen LogP contribution in [0.5, 0.6) is 0 Å². The quantitative estimate of drug-likeness (QED) is 0.698. The Balaban J connectivity index is 2.13. The monoisotopic (exact) mass is 307 g/mol. The van der Waals surface area contributed by atoms with Gasteiger partial charge in [-0.2, -0.15) is 0 Å². The highest BCUT2D eigenvalue weighted by Crippen LogP contribution is 2.25. The highest BCUT2D eigenvalue weighted by atomic mass is 16.5. The van der Waals surface area contributed by atoms with Gasteiger partial charge in [-0.1, -0.05) is 0 Å². The van der Waals surface area contributed by atoms with E-state index < -0.39 is 23.3 Å². The summed E-state index contributed by atoms with van der Waals surface area (Å²) >= 11 is 0. The first-order valence-corrected chi connectivity index (χ1v) is 6.80. The van der Waals surface area contributed by atoms with Gasteiger partial charge in [0.05, 0.1) is 17.5 Å². The Morgan fingerprint density at radius 1 is 1.32 bits per heavy atom. The van der Waals surface area contributed by atoms with Crippen molar-refractivity contribution in [1.29, 1.82) is 0 Å². The molecule has 0 saturated carbocycles. The Bertz CT molecular complexity index is 579. The average Bonchev–Trinajstić information content (AvgIpc) is 2.47. The van der Waals surface area contributed by atoms with Crippen molar-refractivity contribution in [3.05, 3.63) is 29.6 Å². The Kier molecular flexibility index (Phi) is 4.71. The summed E-state index contributed by atoms with van der Waals surface area (Å²) in [5.74, 6) is -2.11. The van der Waals surface area contributed by atoms with Crippen molar-refractivity contribution in [2.24, 2.45) is 5.73 Å². The SMILES string of the molecule is NC(=O)c1ccc(C(=O)NC2(CC(=O)O)CCOCC2)nc1. The fraction of sp³-hybridized carbons (Fsp3) is 0.429. The maximum Gasteiger partial charge on any atom is 0.305 e. The Morgan fingerprint density at radius 3 is 2.50 bits per heavy atom. The molecule has 2 heterocycles. The normalized spacial score (nSPS) is 16.7. The van der Waals surface area contributed by atoms with Crippen LogP contribution >= 0.6 is 0 Å². The molecule has 1 aliphatic rings. The molecule has 22 heavy (non-hydrogen) atoms. The van der Waals surface area contributed by atoms with Gasteiger partial charge in [0.1, 0.15) is 5.69 Å². The molecule has 0 radical (unpaired) electrons. The Labute approximate surface area is 126 Å². The average molecular weight is 307 g/mol. The lowest BCUT2D eigenvalue weighted by Crippen LogP contribution is -2.53. The van der Waals surface area contributed by atoms with Gasteiger partial charge in [-0.15, -0.1) is 0 Å². The predicted molar refractivity (Wildman–Crippen MR) is 75.3 cm³/mol. The number of hydrogen-bond donors (Lipinski definition) is 3. The molecule has 0 unspecified atom stereocenters. The van der Waals surface area contributed by atoms with Crippen molar-refractivity contribution in [1.82, 2.24) is 10.3 Å². The minimum atomic E-state index is -0.987. The summed E-state index contributed by atoms with van der Waals surface area (Å²) in [5.41, 5.74) is 4.56.